The Morgan fingerprint density at radius 3 is 2.54 bits per heavy atom. The van der Waals surface area contributed by atoms with Crippen molar-refractivity contribution in [2.75, 3.05) is 49.6 Å². The van der Waals surface area contributed by atoms with Crippen molar-refractivity contribution in [3.63, 3.8) is 0 Å². The summed E-state index contributed by atoms with van der Waals surface area (Å²) in [5.41, 5.74) is 12.3. The van der Waals surface area contributed by atoms with Crippen molar-refractivity contribution in [3.05, 3.63) is 71.2 Å². The molecule has 1 aliphatic heterocycles. The third-order valence-corrected chi connectivity index (χ3v) is 7.47. The highest BCUT2D eigenvalue weighted by Crippen LogP contribution is 2.39. The van der Waals surface area contributed by atoms with Gasteiger partial charge in [0.15, 0.2) is 0 Å². The molecule has 35 heavy (non-hydrogen) atoms. The number of pyridine rings is 1. The van der Waals surface area contributed by atoms with Crippen LogP contribution >= 0.6 is 11.3 Å². The molecule has 2 aromatic carbocycles. The summed E-state index contributed by atoms with van der Waals surface area (Å²) in [6.45, 7) is 7.18. The third kappa shape index (κ3) is 5.30. The highest BCUT2D eigenvalue weighted by molar-refractivity contribution is 7.18. The number of fused-ring (bicyclic) bond motifs is 1. The molecule has 3 heterocycles. The van der Waals surface area contributed by atoms with Gasteiger partial charge in [0.25, 0.3) is 0 Å². The van der Waals surface area contributed by atoms with Crippen LogP contribution in [0, 0.1) is 6.92 Å². The van der Waals surface area contributed by atoms with E-state index in [1.54, 1.807) is 11.3 Å². The topological polar surface area (TPSA) is 86.5 Å². The molecule has 0 spiro atoms. The predicted molar refractivity (Wildman–Crippen MR) is 146 cm³/mol. The summed E-state index contributed by atoms with van der Waals surface area (Å²) in [5, 5.41) is 8.93. The summed E-state index contributed by atoms with van der Waals surface area (Å²) < 4.78 is 1.20. The van der Waals surface area contributed by atoms with Gasteiger partial charge in [0.1, 0.15) is 5.82 Å². The molecule has 0 unspecified atom stereocenters. The van der Waals surface area contributed by atoms with Crippen LogP contribution in [-0.2, 0) is 6.54 Å². The lowest BCUT2D eigenvalue weighted by molar-refractivity contribution is 0.148. The molecule has 0 atom stereocenters. The Morgan fingerprint density at radius 2 is 1.80 bits per heavy atom. The third-order valence-electron chi connectivity index (χ3n) is 6.42. The molecule has 1 aliphatic rings. The highest BCUT2D eigenvalue weighted by atomic mass is 32.1. The van der Waals surface area contributed by atoms with Crippen LogP contribution in [0.4, 0.5) is 22.0 Å². The summed E-state index contributed by atoms with van der Waals surface area (Å²) >= 11 is 1.72. The molecule has 2 amide bonds. The predicted octanol–water partition coefficient (Wildman–Crippen LogP) is 5.25. The van der Waals surface area contributed by atoms with E-state index in [1.807, 2.05) is 61.7 Å². The molecular weight excluding hydrogens is 456 g/mol. The lowest BCUT2D eigenvalue weighted by Gasteiger charge is -2.32. The number of carbonyl (C=O) groups is 1. The average molecular weight is 487 g/mol. The first-order valence-corrected chi connectivity index (χ1v) is 12.6. The van der Waals surface area contributed by atoms with Gasteiger partial charge in [-0.1, -0.05) is 24.3 Å². The van der Waals surface area contributed by atoms with Gasteiger partial charge >= 0.3 is 6.03 Å². The second-order valence-corrected chi connectivity index (χ2v) is 10.0. The molecule has 2 aromatic heterocycles. The second-order valence-electron chi connectivity index (χ2n) is 9.13. The smallest absolute Gasteiger partial charge is 0.323 e. The van der Waals surface area contributed by atoms with E-state index in [2.05, 4.69) is 37.8 Å². The van der Waals surface area contributed by atoms with E-state index in [4.69, 9.17) is 5.73 Å². The Morgan fingerprint density at radius 1 is 1.06 bits per heavy atom. The zero-order chi connectivity index (χ0) is 24.4. The van der Waals surface area contributed by atoms with Gasteiger partial charge in [0.2, 0.25) is 0 Å². The highest BCUT2D eigenvalue weighted by Gasteiger charge is 2.18. The first-order chi connectivity index (χ1) is 17.0. The van der Waals surface area contributed by atoms with Gasteiger partial charge in [0.05, 0.1) is 0 Å². The van der Waals surface area contributed by atoms with Gasteiger partial charge < -0.3 is 21.3 Å². The van der Waals surface area contributed by atoms with Crippen LogP contribution in [0.15, 0.2) is 60.1 Å². The number of thiophene rings is 1. The normalized spacial score (nSPS) is 14.8. The zero-order valence-electron chi connectivity index (χ0n) is 20.0. The quantitative estimate of drug-likeness (QED) is 0.359. The zero-order valence-corrected chi connectivity index (χ0v) is 20.9. The van der Waals surface area contributed by atoms with Crippen LogP contribution in [-0.4, -0.2) is 54.0 Å². The van der Waals surface area contributed by atoms with Gasteiger partial charge in [0, 0.05) is 71.5 Å². The molecule has 1 saturated heterocycles. The van der Waals surface area contributed by atoms with Crippen molar-refractivity contribution < 1.29 is 4.79 Å². The van der Waals surface area contributed by atoms with E-state index in [0.717, 1.165) is 66.2 Å². The average Bonchev–Trinajstić information content (AvgIpc) is 3.29. The number of nitrogen functional groups attached to an aromatic ring is 1. The second kappa shape index (κ2) is 10.0. The molecule has 8 heteroatoms. The number of piperazine rings is 1. The van der Waals surface area contributed by atoms with Crippen LogP contribution in [0.25, 0.3) is 21.2 Å². The Labute approximate surface area is 209 Å². The van der Waals surface area contributed by atoms with Crippen molar-refractivity contribution in [2.24, 2.45) is 0 Å². The Kier molecular flexibility index (Phi) is 6.68. The summed E-state index contributed by atoms with van der Waals surface area (Å²) in [6, 6.07) is 15.3. The number of amides is 2. The number of nitrogens with one attached hydrogen (secondary N) is 2. The van der Waals surface area contributed by atoms with E-state index in [0.29, 0.717) is 5.82 Å². The first-order valence-electron chi connectivity index (χ1n) is 11.8. The number of aryl methyl sites for hydroxylation is 1. The molecule has 180 valence electrons. The summed E-state index contributed by atoms with van der Waals surface area (Å²) in [6.07, 6.45) is 1.93. The number of nitrogens with two attached hydrogens (primary N) is 1. The van der Waals surface area contributed by atoms with E-state index >= 15 is 0 Å². The largest absolute Gasteiger partial charge is 0.383 e. The van der Waals surface area contributed by atoms with Crippen molar-refractivity contribution >= 4 is 44.6 Å². The summed E-state index contributed by atoms with van der Waals surface area (Å²) in [7, 11) is 2.17. The van der Waals surface area contributed by atoms with Gasteiger partial charge in [-0.3, -0.25) is 4.90 Å². The van der Waals surface area contributed by atoms with Crippen LogP contribution in [0.2, 0.25) is 0 Å². The minimum absolute atomic E-state index is 0.272. The number of nitrogens with zero attached hydrogens (tertiary/aromatic N) is 3. The molecular formula is C27H30N6OS. The molecule has 0 radical (unpaired) electrons. The summed E-state index contributed by atoms with van der Waals surface area (Å²) in [4.78, 5) is 21.8. The summed E-state index contributed by atoms with van der Waals surface area (Å²) in [5.74, 6) is 0.554. The minimum Gasteiger partial charge on any atom is -0.383 e. The molecule has 5 rings (SSSR count). The number of likely N-dealkylation sites (N-methyl/N-ethyl adjacent to an activating group) is 1. The lowest BCUT2D eigenvalue weighted by Crippen LogP contribution is -2.43. The van der Waals surface area contributed by atoms with E-state index in [1.165, 1.54) is 10.3 Å². The molecule has 0 bridgehead atoms. The lowest BCUT2D eigenvalue weighted by atomic mass is 10.0. The molecule has 0 aliphatic carbocycles. The van der Waals surface area contributed by atoms with Gasteiger partial charge in [-0.25, -0.2) is 9.78 Å². The molecule has 1 fully saturated rings. The van der Waals surface area contributed by atoms with E-state index in [-0.39, 0.29) is 6.03 Å². The number of urea groups is 1. The maximum Gasteiger partial charge on any atom is 0.323 e. The fraction of sp³-hybridized carbons (Fsp3) is 0.259. The van der Waals surface area contributed by atoms with Gasteiger partial charge in [-0.15, -0.1) is 11.3 Å². The van der Waals surface area contributed by atoms with Gasteiger partial charge in [-0.2, -0.15) is 0 Å². The van der Waals surface area contributed by atoms with Crippen LogP contribution in [0.3, 0.4) is 0 Å². The van der Waals surface area contributed by atoms with Crippen molar-refractivity contribution in [1.29, 1.82) is 0 Å². The van der Waals surface area contributed by atoms with Crippen LogP contribution in [0.5, 0.6) is 0 Å². The standard InChI is InChI=1S/C27H30N6OS/c1-18-4-3-5-22(14-18)31-27(34)30-21-8-6-19(7-9-21)23-17-35-25-20(15-29-26(28)24(23)25)16-33-12-10-32(2)11-13-33/h3-9,14-15,17H,10-13,16H2,1-2H3,(H2,28,29)(H2,30,31,34). The Balaban J connectivity index is 1.32. The molecule has 4 aromatic rings. The van der Waals surface area contributed by atoms with Gasteiger partial charge in [-0.05, 0) is 54.7 Å². The fourth-order valence-corrected chi connectivity index (χ4v) is 5.53. The van der Waals surface area contributed by atoms with Crippen molar-refractivity contribution in [1.82, 2.24) is 14.8 Å². The minimum atomic E-state index is -0.272. The molecule has 0 saturated carbocycles. The van der Waals surface area contributed by atoms with E-state index < -0.39 is 0 Å². The number of aromatic nitrogens is 1. The fourth-order valence-electron chi connectivity index (χ4n) is 4.44. The SMILES string of the molecule is Cc1cccc(NC(=O)Nc2ccc(-c3csc4c(CN5CCN(C)CC5)cnc(N)c34)cc2)c1. The molecule has 7 nitrogen and oxygen atoms in total. The first kappa shape index (κ1) is 23.3. The number of rotatable bonds is 5. The number of hydrogen-bond donors (Lipinski definition) is 3. The molecule has 4 N–H and O–H groups in total. The maximum absolute atomic E-state index is 12.4. The monoisotopic (exact) mass is 486 g/mol. The Hall–Kier alpha value is -3.46. The number of anilines is 3. The number of carbonyl (C=O) groups excluding carboxylic acids is 1. The maximum atomic E-state index is 12.4. The van der Waals surface area contributed by atoms with Crippen LogP contribution < -0.4 is 16.4 Å². The number of hydrogen-bond acceptors (Lipinski definition) is 6. The number of benzene rings is 2. The van der Waals surface area contributed by atoms with Crippen molar-refractivity contribution in [3.8, 4) is 11.1 Å². The van der Waals surface area contributed by atoms with E-state index in [9.17, 15) is 4.79 Å². The Bertz CT molecular complexity index is 1340. The van der Waals surface area contributed by atoms with Crippen molar-refractivity contribution in [2.45, 2.75) is 13.5 Å². The van der Waals surface area contributed by atoms with Crippen LogP contribution in [0.1, 0.15) is 11.1 Å².